The molecule has 0 aliphatic carbocycles. The van der Waals surface area contributed by atoms with Gasteiger partial charge < -0.3 is 14.4 Å². The lowest BCUT2D eigenvalue weighted by molar-refractivity contribution is -0.132. The zero-order valence-electron chi connectivity index (χ0n) is 13.6. The Labute approximate surface area is 135 Å². The molecule has 0 spiro atoms. The molecule has 23 heavy (non-hydrogen) atoms. The van der Waals surface area contributed by atoms with Gasteiger partial charge in [-0.15, -0.1) is 10.2 Å². The van der Waals surface area contributed by atoms with Crippen molar-refractivity contribution in [3.8, 4) is 11.5 Å². The molecule has 124 valence electrons. The van der Waals surface area contributed by atoms with E-state index in [0.717, 1.165) is 0 Å². The van der Waals surface area contributed by atoms with Crippen LogP contribution in [0.25, 0.3) is 0 Å². The van der Waals surface area contributed by atoms with E-state index in [1.54, 1.807) is 18.9 Å². The molecule has 0 fully saturated rings. The number of para-hydroxylation sites is 2. The van der Waals surface area contributed by atoms with Crippen molar-refractivity contribution in [2.45, 2.75) is 20.4 Å². The van der Waals surface area contributed by atoms with E-state index in [9.17, 15) is 4.79 Å². The summed E-state index contributed by atoms with van der Waals surface area (Å²) in [6, 6.07) is 7.41. The SMILES string of the molecule is CCN(CCOc1ccccc1OC)C(=O)Cn1nnc(C)n1. The standard InChI is InChI=1S/C15H21N5O3/c1-4-19(15(21)11-20-17-12(2)16-18-20)9-10-23-14-8-6-5-7-13(14)22-3/h5-8H,4,9-11H2,1-3H3. The summed E-state index contributed by atoms with van der Waals surface area (Å²) in [4.78, 5) is 15.2. The second-order valence-electron chi connectivity index (χ2n) is 4.84. The number of tetrazole rings is 1. The van der Waals surface area contributed by atoms with Gasteiger partial charge in [0.25, 0.3) is 0 Å². The van der Waals surface area contributed by atoms with E-state index in [-0.39, 0.29) is 12.5 Å². The predicted octanol–water partition coefficient (Wildman–Crippen LogP) is 0.918. The molecule has 2 aromatic rings. The number of ether oxygens (including phenoxy) is 2. The minimum Gasteiger partial charge on any atom is -0.493 e. The van der Waals surface area contributed by atoms with Gasteiger partial charge in [0.05, 0.1) is 13.7 Å². The normalized spacial score (nSPS) is 10.4. The van der Waals surface area contributed by atoms with Gasteiger partial charge in [-0.25, -0.2) is 0 Å². The molecule has 0 saturated carbocycles. The highest BCUT2D eigenvalue weighted by Gasteiger charge is 2.14. The number of aryl methyl sites for hydroxylation is 1. The minimum atomic E-state index is -0.0754. The Morgan fingerprint density at radius 3 is 2.65 bits per heavy atom. The van der Waals surface area contributed by atoms with Crippen LogP contribution >= 0.6 is 0 Å². The third-order valence-corrected chi connectivity index (χ3v) is 3.25. The molecule has 0 radical (unpaired) electrons. The van der Waals surface area contributed by atoms with Gasteiger partial charge in [-0.2, -0.15) is 4.80 Å². The van der Waals surface area contributed by atoms with Gasteiger partial charge in [0.2, 0.25) is 5.91 Å². The maximum atomic E-state index is 12.2. The molecule has 0 unspecified atom stereocenters. The van der Waals surface area contributed by atoms with Gasteiger partial charge >= 0.3 is 0 Å². The number of hydrogen-bond donors (Lipinski definition) is 0. The summed E-state index contributed by atoms with van der Waals surface area (Å²) < 4.78 is 10.9. The Kier molecular flexibility index (Phi) is 5.90. The number of amides is 1. The molecule has 0 N–H and O–H groups in total. The average Bonchev–Trinajstić information content (AvgIpc) is 2.96. The summed E-state index contributed by atoms with van der Waals surface area (Å²) >= 11 is 0. The maximum absolute atomic E-state index is 12.2. The molecule has 0 aliphatic heterocycles. The highest BCUT2D eigenvalue weighted by atomic mass is 16.5. The van der Waals surface area contributed by atoms with Crippen molar-refractivity contribution in [3.05, 3.63) is 30.1 Å². The van der Waals surface area contributed by atoms with E-state index in [4.69, 9.17) is 9.47 Å². The summed E-state index contributed by atoms with van der Waals surface area (Å²) in [6.07, 6.45) is 0. The van der Waals surface area contributed by atoms with E-state index in [1.807, 2.05) is 31.2 Å². The fourth-order valence-electron chi connectivity index (χ4n) is 2.07. The lowest BCUT2D eigenvalue weighted by atomic mass is 10.3. The predicted molar refractivity (Wildman–Crippen MR) is 83.3 cm³/mol. The first-order chi connectivity index (χ1) is 11.1. The molecule has 1 aromatic carbocycles. The number of benzene rings is 1. The summed E-state index contributed by atoms with van der Waals surface area (Å²) in [5, 5.41) is 11.6. The average molecular weight is 319 g/mol. The van der Waals surface area contributed by atoms with Gasteiger partial charge in [-0.1, -0.05) is 12.1 Å². The third kappa shape index (κ3) is 4.67. The fourth-order valence-corrected chi connectivity index (χ4v) is 2.07. The molecular formula is C15H21N5O3. The van der Waals surface area contributed by atoms with Gasteiger partial charge in [-0.05, 0) is 31.2 Å². The summed E-state index contributed by atoms with van der Waals surface area (Å²) in [7, 11) is 1.59. The van der Waals surface area contributed by atoms with Crippen LogP contribution in [0.3, 0.4) is 0 Å². The van der Waals surface area contributed by atoms with Gasteiger partial charge in [0.15, 0.2) is 17.3 Å². The molecule has 1 amide bonds. The quantitative estimate of drug-likeness (QED) is 0.719. The van der Waals surface area contributed by atoms with E-state index >= 15 is 0 Å². The van der Waals surface area contributed by atoms with E-state index in [2.05, 4.69) is 15.4 Å². The van der Waals surface area contributed by atoms with Crippen LogP contribution in [0.2, 0.25) is 0 Å². The van der Waals surface area contributed by atoms with Crippen LogP contribution in [-0.2, 0) is 11.3 Å². The first-order valence-electron chi connectivity index (χ1n) is 7.42. The third-order valence-electron chi connectivity index (χ3n) is 3.25. The Morgan fingerprint density at radius 1 is 1.30 bits per heavy atom. The van der Waals surface area contributed by atoms with E-state index < -0.39 is 0 Å². The molecule has 1 aromatic heterocycles. The van der Waals surface area contributed by atoms with Gasteiger partial charge in [0.1, 0.15) is 13.2 Å². The lowest BCUT2D eigenvalue weighted by Gasteiger charge is -2.21. The molecule has 8 nitrogen and oxygen atoms in total. The first kappa shape index (κ1) is 16.7. The largest absolute Gasteiger partial charge is 0.493 e. The highest BCUT2D eigenvalue weighted by Crippen LogP contribution is 2.25. The van der Waals surface area contributed by atoms with Crippen molar-refractivity contribution >= 4 is 5.91 Å². The maximum Gasteiger partial charge on any atom is 0.246 e. The van der Waals surface area contributed by atoms with Crippen LogP contribution < -0.4 is 9.47 Å². The Bertz CT molecular complexity index is 644. The molecule has 0 aliphatic rings. The second-order valence-corrected chi connectivity index (χ2v) is 4.84. The Hall–Kier alpha value is -2.64. The molecule has 0 atom stereocenters. The number of methoxy groups -OCH3 is 1. The molecule has 2 rings (SSSR count). The zero-order valence-corrected chi connectivity index (χ0v) is 13.6. The number of likely N-dealkylation sites (N-methyl/N-ethyl adjacent to an activating group) is 1. The highest BCUT2D eigenvalue weighted by molar-refractivity contribution is 5.75. The number of nitrogens with zero attached hydrogens (tertiary/aromatic N) is 5. The van der Waals surface area contributed by atoms with Gasteiger partial charge in [-0.3, -0.25) is 4.79 Å². The van der Waals surface area contributed by atoms with Crippen LogP contribution in [-0.4, -0.2) is 57.8 Å². The monoisotopic (exact) mass is 319 g/mol. The number of hydrogen-bond acceptors (Lipinski definition) is 6. The van der Waals surface area contributed by atoms with Gasteiger partial charge in [0, 0.05) is 6.54 Å². The topological polar surface area (TPSA) is 82.4 Å². The molecule has 0 bridgehead atoms. The van der Waals surface area contributed by atoms with E-state index in [0.29, 0.717) is 37.0 Å². The number of carbonyl (C=O) groups excluding carboxylic acids is 1. The van der Waals surface area contributed by atoms with Crippen molar-refractivity contribution in [2.24, 2.45) is 0 Å². The molecule has 0 saturated heterocycles. The summed E-state index contributed by atoms with van der Waals surface area (Å²) in [5.74, 6) is 1.80. The summed E-state index contributed by atoms with van der Waals surface area (Å²) in [6.45, 7) is 5.16. The van der Waals surface area contributed by atoms with Crippen molar-refractivity contribution in [1.82, 2.24) is 25.1 Å². The fraction of sp³-hybridized carbons (Fsp3) is 0.467. The number of aromatic nitrogens is 4. The number of carbonyl (C=O) groups is 1. The van der Waals surface area contributed by atoms with Crippen LogP contribution in [0.4, 0.5) is 0 Å². The first-order valence-corrected chi connectivity index (χ1v) is 7.42. The van der Waals surface area contributed by atoms with Crippen LogP contribution in [0, 0.1) is 6.92 Å². The molecule has 8 heteroatoms. The summed E-state index contributed by atoms with van der Waals surface area (Å²) in [5.41, 5.74) is 0. The van der Waals surface area contributed by atoms with Crippen molar-refractivity contribution < 1.29 is 14.3 Å². The number of rotatable bonds is 8. The Morgan fingerprint density at radius 2 is 2.04 bits per heavy atom. The van der Waals surface area contributed by atoms with Crippen LogP contribution in [0.15, 0.2) is 24.3 Å². The Balaban J connectivity index is 1.85. The second kappa shape index (κ2) is 8.11. The van der Waals surface area contributed by atoms with Crippen LogP contribution in [0.5, 0.6) is 11.5 Å². The van der Waals surface area contributed by atoms with Crippen molar-refractivity contribution in [3.63, 3.8) is 0 Å². The van der Waals surface area contributed by atoms with Crippen molar-refractivity contribution in [1.29, 1.82) is 0 Å². The zero-order chi connectivity index (χ0) is 16.7. The molecular weight excluding hydrogens is 298 g/mol. The lowest BCUT2D eigenvalue weighted by Crippen LogP contribution is -2.37. The van der Waals surface area contributed by atoms with E-state index in [1.165, 1.54) is 4.80 Å². The van der Waals surface area contributed by atoms with Crippen LogP contribution in [0.1, 0.15) is 12.7 Å². The minimum absolute atomic E-state index is 0.0728. The van der Waals surface area contributed by atoms with Crippen molar-refractivity contribution in [2.75, 3.05) is 26.8 Å². The molecule has 1 heterocycles. The smallest absolute Gasteiger partial charge is 0.246 e.